The molecule has 222 valence electrons. The summed E-state index contributed by atoms with van der Waals surface area (Å²) in [6.07, 6.45) is 7.42. The Morgan fingerprint density at radius 3 is 2.68 bits per heavy atom. The van der Waals surface area contributed by atoms with E-state index in [4.69, 9.17) is 4.74 Å². The summed E-state index contributed by atoms with van der Waals surface area (Å²) in [5, 5.41) is 18.2. The molecule has 0 aromatic heterocycles. The van der Waals surface area contributed by atoms with E-state index in [-0.39, 0.29) is 29.9 Å². The van der Waals surface area contributed by atoms with Crippen LogP contribution in [-0.2, 0) is 20.7 Å². The number of benzene rings is 2. The number of rotatable bonds is 7. The second kappa shape index (κ2) is 14.8. The van der Waals surface area contributed by atoms with Gasteiger partial charge in [0.15, 0.2) is 0 Å². The number of carbonyl (C=O) groups is 2. The lowest BCUT2D eigenvalue weighted by molar-refractivity contribution is -0.142. The quantitative estimate of drug-likeness (QED) is 0.423. The fraction of sp³-hybridized carbons (Fsp3) is 0.529. The Morgan fingerprint density at radius 1 is 1.15 bits per heavy atom. The number of hydrogen-bond acceptors (Lipinski definition) is 5. The van der Waals surface area contributed by atoms with E-state index >= 15 is 0 Å². The van der Waals surface area contributed by atoms with Crippen molar-refractivity contribution in [2.75, 3.05) is 20.2 Å². The van der Waals surface area contributed by atoms with E-state index in [2.05, 4.69) is 42.7 Å². The first kappa shape index (κ1) is 30.9. The molecule has 0 saturated carbocycles. The average molecular weight is 562 g/mol. The molecule has 1 aliphatic heterocycles. The molecule has 7 heteroatoms. The molecular formula is C34H47N3O4. The van der Waals surface area contributed by atoms with Gasteiger partial charge < -0.3 is 25.4 Å². The molecule has 0 spiro atoms. The van der Waals surface area contributed by atoms with Gasteiger partial charge in [0.1, 0.15) is 6.04 Å². The average Bonchev–Trinajstić information content (AvgIpc) is 3.31. The van der Waals surface area contributed by atoms with Crippen molar-refractivity contribution in [1.29, 1.82) is 0 Å². The molecule has 41 heavy (non-hydrogen) atoms. The highest BCUT2D eigenvalue weighted by molar-refractivity contribution is 5.88. The number of nitrogens with zero attached hydrogens (tertiary/aromatic N) is 1. The van der Waals surface area contributed by atoms with Gasteiger partial charge in [0, 0.05) is 25.6 Å². The summed E-state index contributed by atoms with van der Waals surface area (Å²) in [5.74, 6) is -0.454. The first-order chi connectivity index (χ1) is 19.8. The van der Waals surface area contributed by atoms with Crippen molar-refractivity contribution in [1.82, 2.24) is 15.5 Å². The zero-order valence-corrected chi connectivity index (χ0v) is 25.0. The highest BCUT2D eigenvalue weighted by Gasteiger charge is 2.34. The Morgan fingerprint density at radius 2 is 1.93 bits per heavy atom. The SMILES string of the molecule is CCCC[C@H](C)C(=O)N(C)[C@H]1C/C=C\CO[C@@H]2C[C@H](NC[C@@H](O)[C@H](Cc3ccccc3)NC1=O)c1cc(C)ccc12. The van der Waals surface area contributed by atoms with Gasteiger partial charge in [0.05, 0.1) is 24.9 Å². The minimum Gasteiger partial charge on any atom is -0.390 e. The summed E-state index contributed by atoms with van der Waals surface area (Å²) >= 11 is 0. The van der Waals surface area contributed by atoms with E-state index in [1.165, 1.54) is 16.7 Å². The predicted octanol–water partition coefficient (Wildman–Crippen LogP) is 4.79. The smallest absolute Gasteiger partial charge is 0.243 e. The molecule has 4 rings (SSSR count). The number of likely N-dealkylation sites (N-methyl/N-ethyl adjacent to an activating group) is 1. The summed E-state index contributed by atoms with van der Waals surface area (Å²) in [6, 6.07) is 15.2. The van der Waals surface area contributed by atoms with Gasteiger partial charge >= 0.3 is 0 Å². The van der Waals surface area contributed by atoms with Gasteiger partial charge in [-0.1, -0.05) is 92.9 Å². The number of unbranched alkanes of at least 4 members (excludes halogenated alkanes) is 1. The Hall–Kier alpha value is -3.00. The van der Waals surface area contributed by atoms with Crippen LogP contribution >= 0.6 is 0 Å². The van der Waals surface area contributed by atoms with Crippen molar-refractivity contribution in [3.8, 4) is 0 Å². The normalized spacial score (nSPS) is 26.7. The van der Waals surface area contributed by atoms with Crippen LogP contribution in [0.1, 0.15) is 80.4 Å². The predicted molar refractivity (Wildman–Crippen MR) is 162 cm³/mol. The maximum atomic E-state index is 13.8. The highest BCUT2D eigenvalue weighted by atomic mass is 16.5. The molecule has 2 aliphatic rings. The van der Waals surface area contributed by atoms with Crippen LogP contribution in [0, 0.1) is 12.8 Å². The van der Waals surface area contributed by atoms with Crippen LogP contribution in [0.5, 0.6) is 0 Å². The molecule has 1 heterocycles. The van der Waals surface area contributed by atoms with Crippen LogP contribution in [0.3, 0.4) is 0 Å². The molecule has 2 bridgehead atoms. The van der Waals surface area contributed by atoms with Crippen LogP contribution in [0.2, 0.25) is 0 Å². The number of amides is 2. The van der Waals surface area contributed by atoms with Crippen LogP contribution in [0.15, 0.2) is 60.7 Å². The lowest BCUT2D eigenvalue weighted by Crippen LogP contribution is -2.55. The first-order valence-electron chi connectivity index (χ1n) is 15.2. The van der Waals surface area contributed by atoms with Crippen molar-refractivity contribution >= 4 is 11.8 Å². The summed E-state index contributed by atoms with van der Waals surface area (Å²) in [6.45, 7) is 6.87. The second-order valence-electron chi connectivity index (χ2n) is 11.7. The molecule has 0 radical (unpaired) electrons. The maximum absolute atomic E-state index is 13.8. The zero-order chi connectivity index (χ0) is 29.4. The molecule has 0 saturated heterocycles. The third-order valence-corrected chi connectivity index (χ3v) is 8.53. The van der Waals surface area contributed by atoms with E-state index in [0.29, 0.717) is 26.0 Å². The minimum absolute atomic E-state index is 0.0350. The van der Waals surface area contributed by atoms with Gasteiger partial charge in [-0.2, -0.15) is 0 Å². The Bertz CT molecular complexity index is 1180. The number of aliphatic hydroxyl groups excluding tert-OH is 1. The van der Waals surface area contributed by atoms with Crippen LogP contribution in [0.25, 0.3) is 0 Å². The first-order valence-corrected chi connectivity index (χ1v) is 15.2. The fourth-order valence-corrected chi connectivity index (χ4v) is 5.98. The summed E-state index contributed by atoms with van der Waals surface area (Å²) in [7, 11) is 1.72. The van der Waals surface area contributed by atoms with Crippen molar-refractivity contribution in [2.45, 2.75) is 89.6 Å². The van der Waals surface area contributed by atoms with Gasteiger partial charge in [-0.25, -0.2) is 0 Å². The number of hydrogen-bond donors (Lipinski definition) is 3. The molecule has 3 N–H and O–H groups in total. The number of fused-ring (bicyclic) bond motifs is 5. The largest absolute Gasteiger partial charge is 0.390 e. The van der Waals surface area contributed by atoms with Gasteiger partial charge in [-0.15, -0.1) is 0 Å². The third-order valence-electron chi connectivity index (χ3n) is 8.53. The van der Waals surface area contributed by atoms with Crippen LogP contribution < -0.4 is 10.6 Å². The van der Waals surface area contributed by atoms with Crippen LogP contribution in [-0.4, -0.2) is 60.2 Å². The molecule has 0 unspecified atom stereocenters. The monoisotopic (exact) mass is 561 g/mol. The van der Waals surface area contributed by atoms with E-state index in [0.717, 1.165) is 31.2 Å². The molecule has 2 aromatic rings. The Labute approximate surface area is 245 Å². The van der Waals surface area contributed by atoms with E-state index in [9.17, 15) is 14.7 Å². The summed E-state index contributed by atoms with van der Waals surface area (Å²) < 4.78 is 6.28. The van der Waals surface area contributed by atoms with Gasteiger partial charge in [0.2, 0.25) is 11.8 Å². The molecule has 7 nitrogen and oxygen atoms in total. The lowest BCUT2D eigenvalue weighted by Gasteiger charge is -2.32. The minimum atomic E-state index is -0.835. The maximum Gasteiger partial charge on any atom is 0.243 e. The molecule has 2 aromatic carbocycles. The van der Waals surface area contributed by atoms with Crippen molar-refractivity contribution < 1.29 is 19.4 Å². The number of aliphatic hydroxyl groups is 1. The number of β-amino-alcohol motifs (C(OH)–C–C–N with tert-alkyl or cyclic N) is 1. The summed E-state index contributed by atoms with van der Waals surface area (Å²) in [5.41, 5.74) is 4.61. The molecule has 2 amide bonds. The molecular weight excluding hydrogens is 514 g/mol. The van der Waals surface area contributed by atoms with Gasteiger partial charge in [-0.05, 0) is 49.3 Å². The van der Waals surface area contributed by atoms with E-state index < -0.39 is 18.2 Å². The van der Waals surface area contributed by atoms with Crippen molar-refractivity contribution in [3.63, 3.8) is 0 Å². The van der Waals surface area contributed by atoms with Crippen molar-refractivity contribution in [3.05, 3.63) is 82.9 Å². The highest BCUT2D eigenvalue weighted by Crippen LogP contribution is 2.41. The topological polar surface area (TPSA) is 90.9 Å². The number of ether oxygens (including phenoxy) is 1. The van der Waals surface area contributed by atoms with Gasteiger partial charge in [-0.3, -0.25) is 9.59 Å². The van der Waals surface area contributed by atoms with E-state index in [1.54, 1.807) is 11.9 Å². The van der Waals surface area contributed by atoms with Gasteiger partial charge in [0.25, 0.3) is 0 Å². The van der Waals surface area contributed by atoms with E-state index in [1.807, 2.05) is 49.4 Å². The Balaban J connectivity index is 1.61. The van der Waals surface area contributed by atoms with Crippen molar-refractivity contribution in [2.24, 2.45) is 5.92 Å². The third kappa shape index (κ3) is 8.06. The summed E-state index contributed by atoms with van der Waals surface area (Å²) in [4.78, 5) is 28.7. The second-order valence-corrected chi connectivity index (χ2v) is 11.7. The number of aryl methyl sites for hydroxylation is 1. The number of carbonyl (C=O) groups excluding carboxylic acids is 2. The fourth-order valence-electron chi connectivity index (χ4n) is 5.98. The Kier molecular flexibility index (Phi) is 11.1. The molecule has 6 atom stereocenters. The van der Waals surface area contributed by atoms with Crippen LogP contribution in [0.4, 0.5) is 0 Å². The molecule has 0 fully saturated rings. The number of nitrogens with one attached hydrogen (secondary N) is 2. The lowest BCUT2D eigenvalue weighted by atomic mass is 9.98. The zero-order valence-electron chi connectivity index (χ0n) is 25.0. The standard InChI is InChI=1S/C34H47N3O4/c1-5-6-12-24(3)34(40)37(4)30-15-10-11-18-41-32-21-28(27-19-23(2)16-17-26(27)32)35-22-31(38)29(36-33(30)39)20-25-13-8-7-9-14-25/h7-11,13-14,16-17,19,24,28-32,35,38H,5-6,12,15,18,20-22H2,1-4H3,(H,36,39)/b11-10-/t24-,28-,29-,30-,31+,32+/m0/s1. The molecule has 1 aliphatic carbocycles.